The van der Waals surface area contributed by atoms with E-state index in [1.807, 2.05) is 0 Å². The van der Waals surface area contributed by atoms with Crippen LogP contribution in [0.4, 0.5) is 0 Å². The van der Waals surface area contributed by atoms with E-state index in [1.54, 1.807) is 0 Å². The molecule has 0 bridgehead atoms. The molecule has 3 unspecified atom stereocenters. The van der Waals surface area contributed by atoms with Crippen molar-refractivity contribution >= 4 is 18.3 Å². The normalized spacial score (nSPS) is 31.8. The average Bonchev–Trinajstić information content (AvgIpc) is 2.39. The summed E-state index contributed by atoms with van der Waals surface area (Å²) in [5.74, 6) is 1.58. The molecule has 0 aromatic rings. The van der Waals surface area contributed by atoms with Crippen LogP contribution in [0.2, 0.25) is 0 Å². The number of rotatable bonds is 3. The monoisotopic (exact) mass is 303 g/mol. The minimum absolute atomic E-state index is 0. The summed E-state index contributed by atoms with van der Waals surface area (Å²) in [4.78, 5) is 16.8. The maximum atomic E-state index is 12.4. The molecule has 3 atom stereocenters. The molecule has 1 amide bonds. The van der Waals surface area contributed by atoms with Gasteiger partial charge in [0.2, 0.25) is 5.91 Å². The molecule has 20 heavy (non-hydrogen) atoms. The third kappa shape index (κ3) is 4.34. The van der Waals surface area contributed by atoms with Crippen molar-refractivity contribution in [1.29, 1.82) is 0 Å². The fourth-order valence-corrected chi connectivity index (χ4v) is 3.60. The Hall–Kier alpha value is -0.320. The summed E-state index contributed by atoms with van der Waals surface area (Å²) in [6, 6.07) is 0.389. The SMILES string of the molecule is CC1CCCN(C(=O)CN2CCCC(C)C2CN)C1.Cl. The lowest BCUT2D eigenvalue weighted by atomic mass is 9.90. The Bertz CT molecular complexity index is 313. The average molecular weight is 304 g/mol. The van der Waals surface area contributed by atoms with E-state index in [0.717, 1.165) is 26.1 Å². The van der Waals surface area contributed by atoms with Crippen LogP contribution in [0.1, 0.15) is 39.5 Å². The van der Waals surface area contributed by atoms with Crippen LogP contribution in [0.5, 0.6) is 0 Å². The zero-order valence-corrected chi connectivity index (χ0v) is 13.7. The van der Waals surface area contributed by atoms with Gasteiger partial charge in [0.25, 0.3) is 0 Å². The van der Waals surface area contributed by atoms with Gasteiger partial charge >= 0.3 is 0 Å². The van der Waals surface area contributed by atoms with Gasteiger partial charge in [-0.25, -0.2) is 0 Å². The lowest BCUT2D eigenvalue weighted by molar-refractivity contribution is -0.135. The quantitative estimate of drug-likeness (QED) is 0.864. The largest absolute Gasteiger partial charge is 0.341 e. The van der Waals surface area contributed by atoms with E-state index in [4.69, 9.17) is 5.73 Å². The fraction of sp³-hybridized carbons (Fsp3) is 0.933. The second kappa shape index (κ2) is 8.20. The second-order valence-corrected chi connectivity index (χ2v) is 6.48. The Morgan fingerprint density at radius 3 is 2.55 bits per heavy atom. The van der Waals surface area contributed by atoms with Gasteiger partial charge in [-0.1, -0.05) is 13.8 Å². The van der Waals surface area contributed by atoms with Crippen LogP contribution >= 0.6 is 12.4 Å². The highest BCUT2D eigenvalue weighted by Crippen LogP contribution is 2.23. The van der Waals surface area contributed by atoms with Gasteiger partial charge in [-0.15, -0.1) is 12.4 Å². The molecule has 2 saturated heterocycles. The van der Waals surface area contributed by atoms with Crippen molar-refractivity contribution in [3.8, 4) is 0 Å². The number of carbonyl (C=O) groups is 1. The number of nitrogens with zero attached hydrogens (tertiary/aromatic N) is 2. The summed E-state index contributed by atoms with van der Waals surface area (Å²) in [6.07, 6.45) is 4.86. The van der Waals surface area contributed by atoms with E-state index in [2.05, 4.69) is 23.6 Å². The Morgan fingerprint density at radius 2 is 1.90 bits per heavy atom. The zero-order valence-electron chi connectivity index (χ0n) is 12.9. The molecule has 2 N–H and O–H groups in total. The highest BCUT2D eigenvalue weighted by molar-refractivity contribution is 5.85. The first-order valence-corrected chi connectivity index (χ1v) is 7.83. The molecule has 118 valence electrons. The Labute approximate surface area is 129 Å². The van der Waals surface area contributed by atoms with Crippen LogP contribution in [-0.4, -0.2) is 54.5 Å². The Balaban J connectivity index is 0.00000200. The number of amides is 1. The van der Waals surface area contributed by atoms with Gasteiger partial charge in [0, 0.05) is 25.7 Å². The summed E-state index contributed by atoms with van der Waals surface area (Å²) < 4.78 is 0. The standard InChI is InChI=1S/C15H29N3O.ClH/c1-12-5-3-8-18(10-12)15(19)11-17-7-4-6-13(2)14(17)9-16;/h12-14H,3-11,16H2,1-2H3;1H. The molecule has 4 nitrogen and oxygen atoms in total. The van der Waals surface area contributed by atoms with Crippen molar-refractivity contribution in [1.82, 2.24) is 9.80 Å². The highest BCUT2D eigenvalue weighted by atomic mass is 35.5. The van der Waals surface area contributed by atoms with Crippen molar-refractivity contribution < 1.29 is 4.79 Å². The fourth-order valence-electron chi connectivity index (χ4n) is 3.60. The molecule has 2 rings (SSSR count). The maximum absolute atomic E-state index is 12.4. The smallest absolute Gasteiger partial charge is 0.236 e. The molecule has 2 aliphatic heterocycles. The number of hydrogen-bond acceptors (Lipinski definition) is 3. The molecule has 5 heteroatoms. The van der Waals surface area contributed by atoms with Crippen molar-refractivity contribution in [2.45, 2.75) is 45.6 Å². The maximum Gasteiger partial charge on any atom is 0.236 e. The molecule has 0 aromatic heterocycles. The molecule has 0 saturated carbocycles. The van der Waals surface area contributed by atoms with E-state index in [-0.39, 0.29) is 12.4 Å². The van der Waals surface area contributed by atoms with E-state index in [0.29, 0.717) is 36.9 Å². The predicted octanol–water partition coefficient (Wildman–Crippen LogP) is 1.73. The molecule has 0 aliphatic carbocycles. The summed E-state index contributed by atoms with van der Waals surface area (Å²) in [5, 5.41) is 0. The zero-order chi connectivity index (χ0) is 13.8. The summed E-state index contributed by atoms with van der Waals surface area (Å²) >= 11 is 0. The minimum Gasteiger partial charge on any atom is -0.341 e. The van der Waals surface area contributed by atoms with Crippen molar-refractivity contribution in [2.75, 3.05) is 32.7 Å². The van der Waals surface area contributed by atoms with Gasteiger partial charge in [0.15, 0.2) is 0 Å². The molecule has 0 radical (unpaired) electrons. The third-order valence-electron chi connectivity index (χ3n) is 4.82. The van der Waals surface area contributed by atoms with Crippen LogP contribution in [0, 0.1) is 11.8 Å². The van der Waals surface area contributed by atoms with Crippen LogP contribution < -0.4 is 5.73 Å². The van der Waals surface area contributed by atoms with Crippen molar-refractivity contribution in [2.24, 2.45) is 17.6 Å². The van der Waals surface area contributed by atoms with Crippen LogP contribution in [0.25, 0.3) is 0 Å². The van der Waals surface area contributed by atoms with Gasteiger partial charge in [0.1, 0.15) is 0 Å². The van der Waals surface area contributed by atoms with Crippen molar-refractivity contribution in [3.63, 3.8) is 0 Å². The van der Waals surface area contributed by atoms with Gasteiger partial charge in [-0.05, 0) is 44.1 Å². The van der Waals surface area contributed by atoms with E-state index < -0.39 is 0 Å². The van der Waals surface area contributed by atoms with Gasteiger partial charge in [0.05, 0.1) is 6.54 Å². The number of hydrogen-bond donors (Lipinski definition) is 1. The molecular formula is C15H30ClN3O. The molecule has 2 fully saturated rings. The highest BCUT2D eigenvalue weighted by Gasteiger charge is 2.30. The molecule has 2 aliphatic rings. The van der Waals surface area contributed by atoms with E-state index >= 15 is 0 Å². The summed E-state index contributed by atoms with van der Waals surface area (Å²) in [5.41, 5.74) is 5.89. The lowest BCUT2D eigenvalue weighted by Gasteiger charge is -2.40. The first-order valence-electron chi connectivity index (χ1n) is 7.83. The van der Waals surface area contributed by atoms with Gasteiger partial charge in [-0.3, -0.25) is 9.69 Å². The summed E-state index contributed by atoms with van der Waals surface area (Å²) in [7, 11) is 0. The van der Waals surface area contributed by atoms with Crippen LogP contribution in [-0.2, 0) is 4.79 Å². The number of piperidine rings is 2. The van der Waals surface area contributed by atoms with Crippen LogP contribution in [0.3, 0.4) is 0 Å². The van der Waals surface area contributed by atoms with Gasteiger partial charge < -0.3 is 10.6 Å². The summed E-state index contributed by atoms with van der Waals surface area (Å²) in [6.45, 7) is 8.66. The topological polar surface area (TPSA) is 49.6 Å². The van der Waals surface area contributed by atoms with Crippen molar-refractivity contribution in [3.05, 3.63) is 0 Å². The molecular weight excluding hydrogens is 274 g/mol. The van der Waals surface area contributed by atoms with Gasteiger partial charge in [-0.2, -0.15) is 0 Å². The van der Waals surface area contributed by atoms with E-state index in [1.165, 1.54) is 19.3 Å². The predicted molar refractivity (Wildman–Crippen MR) is 85.0 cm³/mol. The number of nitrogens with two attached hydrogens (primary N) is 1. The first-order chi connectivity index (χ1) is 9.11. The van der Waals surface area contributed by atoms with E-state index in [9.17, 15) is 4.79 Å². The van der Waals surface area contributed by atoms with Crippen LogP contribution in [0.15, 0.2) is 0 Å². The molecule has 0 aromatic carbocycles. The second-order valence-electron chi connectivity index (χ2n) is 6.48. The number of likely N-dealkylation sites (tertiary alicyclic amines) is 2. The lowest BCUT2D eigenvalue weighted by Crippen LogP contribution is -2.53. The molecule has 0 spiro atoms. The number of carbonyl (C=O) groups excluding carboxylic acids is 1. The minimum atomic E-state index is 0. The number of halogens is 1. The Kier molecular flexibility index (Phi) is 7.27. The molecule has 2 heterocycles. The Morgan fingerprint density at radius 1 is 1.20 bits per heavy atom. The third-order valence-corrected chi connectivity index (χ3v) is 4.82. The first kappa shape index (κ1) is 17.7.